The van der Waals surface area contributed by atoms with Crippen molar-refractivity contribution in [1.82, 2.24) is 18.8 Å². The molecular weight excluding hydrogens is 406 g/mol. The van der Waals surface area contributed by atoms with Crippen LogP contribution in [0.4, 0.5) is 5.95 Å². The first-order chi connectivity index (χ1) is 16.9. The van der Waals surface area contributed by atoms with E-state index < -0.39 is 46.8 Å². The number of aliphatic hydroxyl groups is 1. The van der Waals surface area contributed by atoms with Crippen molar-refractivity contribution >= 4 is 27.0 Å². The first-order valence-electron chi connectivity index (χ1n) is 13.3. The van der Waals surface area contributed by atoms with Gasteiger partial charge in [-0.25, -0.2) is 17.7 Å². The van der Waals surface area contributed by atoms with Crippen LogP contribution in [0.1, 0.15) is 53.8 Å². The molecule has 0 spiro atoms. The van der Waals surface area contributed by atoms with Crippen LogP contribution in [0.2, 0.25) is 0 Å². The molecule has 1 saturated heterocycles. The topological polar surface area (TPSA) is 117 Å². The lowest BCUT2D eigenvalue weighted by Crippen LogP contribution is -2.42. The van der Waals surface area contributed by atoms with Crippen LogP contribution in [0.3, 0.4) is 0 Å². The summed E-state index contributed by atoms with van der Waals surface area (Å²) in [7, 11) is -4.51. The van der Waals surface area contributed by atoms with E-state index in [4.69, 9.17) is 9.60 Å². The fourth-order valence-corrected chi connectivity index (χ4v) is 4.92. The molecule has 4 rings (SSSR count). The molecule has 0 aromatic carbocycles. The number of hydrogen-bond acceptors (Lipinski definition) is 7. The number of nitrogens with zero attached hydrogens (tertiary/aromatic N) is 4. The zero-order valence-corrected chi connectivity index (χ0v) is 17.3. The largest absolute Gasteiger partial charge is 0.393 e. The van der Waals surface area contributed by atoms with Crippen molar-refractivity contribution in [2.24, 2.45) is 5.92 Å². The van der Waals surface area contributed by atoms with Crippen molar-refractivity contribution < 1.29 is 23.1 Å². The minimum absolute atomic E-state index is 0.0180. The van der Waals surface area contributed by atoms with E-state index in [0.717, 1.165) is 4.31 Å². The molecule has 2 aromatic heterocycles. The molecule has 1 aliphatic heterocycles. The summed E-state index contributed by atoms with van der Waals surface area (Å²) in [5, 5.41) is 13.5. The molecule has 1 aliphatic carbocycles. The van der Waals surface area contributed by atoms with Crippen molar-refractivity contribution in [3.63, 3.8) is 0 Å². The molecule has 3 atom stereocenters. The number of hydrogen-bond donors (Lipinski definition) is 2. The number of nitrogens with one attached hydrogen (secondary N) is 1. The van der Waals surface area contributed by atoms with Gasteiger partial charge in [-0.3, -0.25) is 9.36 Å². The molecule has 0 bridgehead atoms. The standard InChI is InChI=1S/C20H29N5O4S/c1-12-10-14-11-21-20(22-15-6-8-24(9-7-15)30(3,28)29)23-18(14)25(19(12)27)16-4-5-17(26)13(16)2/h10-11,13,15-17,26H,4-9H2,1-3H3,(H,21,22,23)/t13-,16+,17+/m1/s1/i1D3,3D3,15D. The van der Waals surface area contributed by atoms with Crippen molar-refractivity contribution in [3.05, 3.63) is 28.2 Å². The highest BCUT2D eigenvalue weighted by Gasteiger charge is 2.34. The van der Waals surface area contributed by atoms with Crippen molar-refractivity contribution in [2.45, 2.75) is 57.6 Å². The van der Waals surface area contributed by atoms with Crippen LogP contribution in [-0.2, 0) is 10.0 Å². The van der Waals surface area contributed by atoms with E-state index in [2.05, 4.69) is 15.3 Å². The summed E-state index contributed by atoms with van der Waals surface area (Å²) in [5.41, 5.74) is -0.947. The van der Waals surface area contributed by atoms with E-state index in [9.17, 15) is 18.3 Å². The predicted molar refractivity (Wildman–Crippen MR) is 115 cm³/mol. The maximum Gasteiger partial charge on any atom is 0.255 e. The van der Waals surface area contributed by atoms with Gasteiger partial charge in [-0.05, 0) is 38.6 Å². The summed E-state index contributed by atoms with van der Waals surface area (Å²) in [6.07, 6.45) is -1.68. The number of sulfonamides is 1. The SMILES string of the molecule is [2H]C1(Nc2ncc3cc(C([2H])([2H])[2H])c(=O)n([C@H]4CC[C@H](O)[C@@H]4C)c3n2)CCN(S(=O)(=O)C([2H])([2H])[2H])CC1. The van der Waals surface area contributed by atoms with E-state index >= 15 is 0 Å². The normalized spacial score (nSPS) is 31.7. The van der Waals surface area contributed by atoms with Gasteiger partial charge in [0, 0.05) is 56.4 Å². The summed E-state index contributed by atoms with van der Waals surface area (Å²) in [5.74, 6) is -0.346. The van der Waals surface area contributed by atoms with Gasteiger partial charge in [-0.2, -0.15) is 4.98 Å². The average Bonchev–Trinajstić information content (AvgIpc) is 3.10. The minimum atomic E-state index is -4.51. The maximum atomic E-state index is 13.3. The lowest BCUT2D eigenvalue weighted by molar-refractivity contribution is 0.129. The molecule has 10 heteroatoms. The zero-order valence-electron chi connectivity index (χ0n) is 23.5. The van der Waals surface area contributed by atoms with Gasteiger partial charge in [0.2, 0.25) is 16.0 Å². The molecule has 0 unspecified atom stereocenters. The van der Waals surface area contributed by atoms with Gasteiger partial charge < -0.3 is 10.4 Å². The van der Waals surface area contributed by atoms with Crippen molar-refractivity contribution in [3.8, 4) is 0 Å². The summed E-state index contributed by atoms with van der Waals surface area (Å²) in [6, 6.07) is -0.668. The number of aliphatic hydroxyl groups excluding tert-OH is 1. The lowest BCUT2D eigenvalue weighted by Gasteiger charge is -2.30. The lowest BCUT2D eigenvalue weighted by atomic mass is 10.0. The fourth-order valence-electron chi connectivity index (χ4n) is 4.26. The molecule has 0 radical (unpaired) electrons. The Kier molecular flexibility index (Phi) is 3.71. The molecule has 2 N–H and O–H groups in total. The third kappa shape index (κ3) is 3.95. The maximum absolute atomic E-state index is 13.3. The first-order valence-corrected chi connectivity index (χ1v) is 11.3. The zero-order chi connectivity index (χ0) is 27.6. The average molecular weight is 443 g/mol. The molecule has 3 heterocycles. The molecule has 164 valence electrons. The minimum Gasteiger partial charge on any atom is -0.393 e. The van der Waals surface area contributed by atoms with Gasteiger partial charge in [0.25, 0.3) is 5.56 Å². The van der Waals surface area contributed by atoms with Crippen LogP contribution in [-0.4, -0.2) is 63.8 Å². The molecule has 2 aromatic rings. The molecular formula is C20H29N5O4S. The van der Waals surface area contributed by atoms with Gasteiger partial charge in [-0.1, -0.05) is 6.92 Å². The first kappa shape index (κ1) is 14.1. The van der Waals surface area contributed by atoms with Crippen LogP contribution in [0, 0.1) is 12.8 Å². The highest BCUT2D eigenvalue weighted by atomic mass is 32.2. The van der Waals surface area contributed by atoms with Crippen LogP contribution in [0.5, 0.6) is 0 Å². The van der Waals surface area contributed by atoms with Crippen LogP contribution < -0.4 is 10.9 Å². The van der Waals surface area contributed by atoms with Gasteiger partial charge in [0.1, 0.15) is 5.65 Å². The Labute approximate surface area is 186 Å². The molecule has 1 saturated carbocycles. The Morgan fingerprint density at radius 2 is 2.07 bits per heavy atom. The fraction of sp³-hybridized carbons (Fsp3) is 0.650. The number of aromatic nitrogens is 3. The summed E-state index contributed by atoms with van der Waals surface area (Å²) in [6.45, 7) is -1.26. The highest BCUT2D eigenvalue weighted by molar-refractivity contribution is 7.88. The third-order valence-corrected chi connectivity index (χ3v) is 7.08. The van der Waals surface area contributed by atoms with E-state index in [1.165, 1.54) is 16.8 Å². The number of pyridine rings is 1. The van der Waals surface area contributed by atoms with Crippen molar-refractivity contribution in [2.75, 3.05) is 24.6 Å². The van der Waals surface area contributed by atoms with Crippen LogP contribution in [0.25, 0.3) is 11.0 Å². The highest BCUT2D eigenvalue weighted by Crippen LogP contribution is 2.36. The number of rotatable bonds is 4. The molecule has 30 heavy (non-hydrogen) atoms. The quantitative estimate of drug-likeness (QED) is 0.732. The molecule has 2 fully saturated rings. The van der Waals surface area contributed by atoms with Gasteiger partial charge in [0.15, 0.2) is 0 Å². The smallest absolute Gasteiger partial charge is 0.255 e. The summed E-state index contributed by atoms with van der Waals surface area (Å²) in [4.78, 5) is 22.0. The van der Waals surface area contributed by atoms with E-state index in [0.29, 0.717) is 18.2 Å². The number of anilines is 1. The second-order valence-corrected chi connectivity index (χ2v) is 9.38. The number of fused-ring (bicyclic) bond motifs is 1. The van der Waals surface area contributed by atoms with Gasteiger partial charge >= 0.3 is 0 Å². The number of aryl methyl sites for hydroxylation is 1. The van der Waals surface area contributed by atoms with Crippen LogP contribution >= 0.6 is 0 Å². The Morgan fingerprint density at radius 1 is 1.30 bits per heavy atom. The Morgan fingerprint density at radius 3 is 2.70 bits per heavy atom. The third-order valence-electron chi connectivity index (χ3n) is 6.03. The van der Waals surface area contributed by atoms with E-state index in [-0.39, 0.29) is 49.0 Å². The summed E-state index contributed by atoms with van der Waals surface area (Å²) >= 11 is 0. The Hall–Kier alpha value is -2.04. The molecule has 0 amide bonds. The number of piperidine rings is 1. The van der Waals surface area contributed by atoms with Crippen molar-refractivity contribution in [1.29, 1.82) is 0 Å². The second kappa shape index (κ2) is 7.90. The molecule has 9 nitrogen and oxygen atoms in total. The summed E-state index contributed by atoms with van der Waals surface area (Å²) < 4.78 is 80.5. The predicted octanol–water partition coefficient (Wildman–Crippen LogP) is 1.27. The van der Waals surface area contributed by atoms with E-state index in [1.807, 2.05) is 0 Å². The van der Waals surface area contributed by atoms with Gasteiger partial charge in [0.05, 0.1) is 13.7 Å². The van der Waals surface area contributed by atoms with Crippen LogP contribution in [0.15, 0.2) is 17.1 Å². The monoisotopic (exact) mass is 442 g/mol. The van der Waals surface area contributed by atoms with Gasteiger partial charge in [-0.15, -0.1) is 0 Å². The Bertz CT molecular complexity index is 1350. The second-order valence-electron chi connectivity index (χ2n) is 7.91. The Balaban J connectivity index is 1.69. The molecule has 2 aliphatic rings. The van der Waals surface area contributed by atoms with E-state index in [1.54, 1.807) is 6.92 Å².